The molecule has 0 radical (unpaired) electrons. The van der Waals surface area contributed by atoms with Gasteiger partial charge in [-0.15, -0.1) is 0 Å². The van der Waals surface area contributed by atoms with Gasteiger partial charge in [-0.2, -0.15) is 0 Å². The average molecular weight is 277 g/mol. The smallest absolute Gasteiger partial charge is 0.0488 e. The summed E-state index contributed by atoms with van der Waals surface area (Å²) in [6, 6.07) is 12.3. The van der Waals surface area contributed by atoms with Crippen molar-refractivity contribution in [2.75, 3.05) is 6.54 Å². The van der Waals surface area contributed by atoms with Gasteiger partial charge in [0.2, 0.25) is 0 Å². The van der Waals surface area contributed by atoms with E-state index < -0.39 is 0 Å². The van der Waals surface area contributed by atoms with Gasteiger partial charge in [0.1, 0.15) is 0 Å². The zero-order valence-corrected chi connectivity index (χ0v) is 12.3. The van der Waals surface area contributed by atoms with Crippen molar-refractivity contribution in [3.63, 3.8) is 0 Å². The molecule has 102 valence electrons. The third kappa shape index (κ3) is 4.12. The first kappa shape index (κ1) is 14.2. The van der Waals surface area contributed by atoms with Crippen molar-refractivity contribution in [2.24, 2.45) is 5.92 Å². The molecule has 0 saturated carbocycles. The topological polar surface area (TPSA) is 17.0 Å². The molecule has 0 bridgehead atoms. The van der Waals surface area contributed by atoms with Crippen LogP contribution in [0.5, 0.6) is 0 Å². The Morgan fingerprint density at radius 1 is 1.16 bits per heavy atom. The lowest BCUT2D eigenvalue weighted by Crippen LogP contribution is -2.20. The Bertz CT molecular complexity index is 517. The van der Waals surface area contributed by atoms with Gasteiger partial charge >= 0.3 is 0 Å². The maximum absolute atomic E-state index is 6.21. The van der Waals surface area contributed by atoms with E-state index in [1.54, 1.807) is 0 Å². The summed E-state index contributed by atoms with van der Waals surface area (Å²) in [6.45, 7) is 7.20. The van der Waals surface area contributed by atoms with Crippen LogP contribution in [-0.4, -0.2) is 11.1 Å². The van der Waals surface area contributed by atoms with Crippen molar-refractivity contribution < 1.29 is 0 Å². The second-order valence-electron chi connectivity index (χ2n) is 5.24. The Labute approximate surface area is 120 Å². The Balaban J connectivity index is 2.01. The highest BCUT2D eigenvalue weighted by atomic mass is 35.5. The van der Waals surface area contributed by atoms with E-state index in [0.717, 1.165) is 30.2 Å². The molecule has 0 amide bonds. The predicted octanol–water partition coefficient (Wildman–Crippen LogP) is 3.94. The minimum Gasteiger partial charge on any atom is -0.346 e. The minimum absolute atomic E-state index is 0.673. The van der Waals surface area contributed by atoms with Crippen molar-refractivity contribution in [1.82, 2.24) is 9.88 Å². The third-order valence-corrected chi connectivity index (χ3v) is 3.45. The van der Waals surface area contributed by atoms with Gasteiger partial charge in [0.05, 0.1) is 0 Å². The Hall–Kier alpha value is -1.25. The Morgan fingerprint density at radius 3 is 2.68 bits per heavy atom. The van der Waals surface area contributed by atoms with Gasteiger partial charge in [-0.3, -0.25) is 0 Å². The van der Waals surface area contributed by atoms with Crippen LogP contribution in [0.15, 0.2) is 42.6 Å². The van der Waals surface area contributed by atoms with Gasteiger partial charge in [0.15, 0.2) is 0 Å². The van der Waals surface area contributed by atoms with E-state index in [4.69, 9.17) is 11.6 Å². The fraction of sp³-hybridized carbons (Fsp3) is 0.375. The molecule has 0 spiro atoms. The van der Waals surface area contributed by atoms with Crippen LogP contribution in [0.4, 0.5) is 0 Å². The molecule has 1 heterocycles. The second kappa shape index (κ2) is 6.78. The van der Waals surface area contributed by atoms with Crippen LogP contribution in [0.1, 0.15) is 25.1 Å². The number of benzene rings is 1. The van der Waals surface area contributed by atoms with E-state index >= 15 is 0 Å². The summed E-state index contributed by atoms with van der Waals surface area (Å²) in [4.78, 5) is 0. The Morgan fingerprint density at radius 2 is 1.95 bits per heavy atom. The van der Waals surface area contributed by atoms with Crippen molar-refractivity contribution in [2.45, 2.75) is 26.9 Å². The molecule has 3 heteroatoms. The quantitative estimate of drug-likeness (QED) is 0.846. The molecule has 2 rings (SSSR count). The first-order valence-corrected chi connectivity index (χ1v) is 7.12. The van der Waals surface area contributed by atoms with Crippen LogP contribution in [0.3, 0.4) is 0 Å². The molecular weight excluding hydrogens is 256 g/mol. The van der Waals surface area contributed by atoms with Gasteiger partial charge in [-0.05, 0) is 36.2 Å². The summed E-state index contributed by atoms with van der Waals surface area (Å²) in [5, 5.41) is 4.31. The molecule has 0 aliphatic carbocycles. The molecule has 1 aromatic carbocycles. The summed E-state index contributed by atoms with van der Waals surface area (Å²) in [5.74, 6) is 0.673. The number of nitrogens with one attached hydrogen (secondary N) is 1. The largest absolute Gasteiger partial charge is 0.346 e. The molecule has 1 aromatic heterocycles. The Kier molecular flexibility index (Phi) is 5.06. The highest BCUT2D eigenvalue weighted by Gasteiger charge is 2.04. The van der Waals surface area contributed by atoms with E-state index in [-0.39, 0.29) is 0 Å². The van der Waals surface area contributed by atoms with Gasteiger partial charge in [-0.25, -0.2) is 0 Å². The molecule has 2 nitrogen and oxygen atoms in total. The number of hydrogen-bond donors (Lipinski definition) is 1. The normalized spacial score (nSPS) is 11.2. The van der Waals surface area contributed by atoms with Crippen molar-refractivity contribution in [3.05, 3.63) is 58.9 Å². The van der Waals surface area contributed by atoms with Gasteiger partial charge in [-0.1, -0.05) is 43.6 Å². The molecule has 19 heavy (non-hydrogen) atoms. The molecule has 0 saturated heterocycles. The minimum atomic E-state index is 0.673. The number of aromatic nitrogens is 1. The maximum atomic E-state index is 6.21. The monoisotopic (exact) mass is 276 g/mol. The fourth-order valence-electron chi connectivity index (χ4n) is 2.06. The summed E-state index contributed by atoms with van der Waals surface area (Å²) >= 11 is 6.21. The highest BCUT2D eigenvalue weighted by Crippen LogP contribution is 2.17. The molecule has 1 N–H and O–H groups in total. The first-order valence-electron chi connectivity index (χ1n) is 6.75. The average Bonchev–Trinajstić information content (AvgIpc) is 2.79. The molecule has 0 aliphatic rings. The van der Waals surface area contributed by atoms with Crippen LogP contribution in [-0.2, 0) is 13.1 Å². The van der Waals surface area contributed by atoms with Crippen molar-refractivity contribution in [3.8, 4) is 0 Å². The fourth-order valence-corrected chi connectivity index (χ4v) is 2.26. The lowest BCUT2D eigenvalue weighted by molar-refractivity contribution is 0.539. The standard InChI is InChI=1S/C16H21ClN2/c1-13(2)10-18-11-15-7-5-9-19(15)12-14-6-3-4-8-16(14)17/h3-9,13,18H,10-12H2,1-2H3. The highest BCUT2D eigenvalue weighted by molar-refractivity contribution is 6.31. The zero-order chi connectivity index (χ0) is 13.7. The summed E-state index contributed by atoms with van der Waals surface area (Å²) in [6.07, 6.45) is 2.11. The molecule has 2 aromatic rings. The van der Waals surface area contributed by atoms with Crippen LogP contribution in [0, 0.1) is 5.92 Å². The van der Waals surface area contributed by atoms with Crippen molar-refractivity contribution in [1.29, 1.82) is 0 Å². The van der Waals surface area contributed by atoms with Crippen LogP contribution in [0.2, 0.25) is 5.02 Å². The summed E-state index contributed by atoms with van der Waals surface area (Å²) in [7, 11) is 0. The predicted molar refractivity (Wildman–Crippen MR) is 81.5 cm³/mol. The lowest BCUT2D eigenvalue weighted by atomic mass is 10.2. The van der Waals surface area contributed by atoms with Crippen LogP contribution >= 0.6 is 11.6 Å². The lowest BCUT2D eigenvalue weighted by Gasteiger charge is -2.12. The molecule has 0 fully saturated rings. The summed E-state index contributed by atoms with van der Waals surface area (Å²) in [5.41, 5.74) is 2.45. The van der Waals surface area contributed by atoms with Crippen molar-refractivity contribution >= 4 is 11.6 Å². The number of nitrogens with zero attached hydrogens (tertiary/aromatic N) is 1. The van der Waals surface area contributed by atoms with Crippen LogP contribution < -0.4 is 5.32 Å². The maximum Gasteiger partial charge on any atom is 0.0488 e. The molecule has 0 atom stereocenters. The number of hydrogen-bond acceptors (Lipinski definition) is 1. The van der Waals surface area contributed by atoms with Gasteiger partial charge in [0.25, 0.3) is 0 Å². The third-order valence-electron chi connectivity index (χ3n) is 3.08. The number of rotatable bonds is 6. The van der Waals surface area contributed by atoms with Gasteiger partial charge < -0.3 is 9.88 Å². The van der Waals surface area contributed by atoms with E-state index in [9.17, 15) is 0 Å². The zero-order valence-electron chi connectivity index (χ0n) is 11.6. The van der Waals surface area contributed by atoms with E-state index in [0.29, 0.717) is 5.92 Å². The molecule has 0 aliphatic heterocycles. The van der Waals surface area contributed by atoms with E-state index in [1.807, 2.05) is 18.2 Å². The van der Waals surface area contributed by atoms with E-state index in [1.165, 1.54) is 5.69 Å². The molecule has 0 unspecified atom stereocenters. The summed E-state index contributed by atoms with van der Waals surface area (Å²) < 4.78 is 2.24. The molecular formula is C16H21ClN2. The number of halogens is 1. The van der Waals surface area contributed by atoms with E-state index in [2.05, 4.69) is 48.1 Å². The van der Waals surface area contributed by atoms with Crippen LogP contribution in [0.25, 0.3) is 0 Å². The second-order valence-corrected chi connectivity index (χ2v) is 5.65. The first-order chi connectivity index (χ1) is 9.16. The van der Waals surface area contributed by atoms with Gasteiger partial charge in [0, 0.05) is 30.0 Å². The SMILES string of the molecule is CC(C)CNCc1cccn1Cc1ccccc1Cl.